The third-order valence-electron chi connectivity index (χ3n) is 2.80. The molecule has 88 valence electrons. The molecule has 1 rings (SSSR count). The summed E-state index contributed by atoms with van der Waals surface area (Å²) in [4.78, 5) is 0. The van der Waals surface area contributed by atoms with Crippen LogP contribution in [0, 0.1) is 5.41 Å². The van der Waals surface area contributed by atoms with Gasteiger partial charge >= 0.3 is 0 Å². The van der Waals surface area contributed by atoms with Crippen molar-refractivity contribution in [2.24, 2.45) is 11.1 Å². The maximum absolute atomic E-state index is 5.98. The zero-order chi connectivity index (χ0) is 12.2. The van der Waals surface area contributed by atoms with Crippen molar-refractivity contribution < 1.29 is 4.74 Å². The summed E-state index contributed by atoms with van der Waals surface area (Å²) in [6.07, 6.45) is 2.66. The van der Waals surface area contributed by atoms with Gasteiger partial charge < -0.3 is 10.5 Å². The van der Waals surface area contributed by atoms with Crippen LogP contribution in [-0.2, 0) is 6.42 Å². The van der Waals surface area contributed by atoms with Crippen LogP contribution in [0.3, 0.4) is 0 Å². The fourth-order valence-corrected chi connectivity index (χ4v) is 1.74. The van der Waals surface area contributed by atoms with E-state index in [9.17, 15) is 0 Å². The topological polar surface area (TPSA) is 35.2 Å². The summed E-state index contributed by atoms with van der Waals surface area (Å²) in [5.74, 6) is 0.839. The van der Waals surface area contributed by atoms with E-state index < -0.39 is 0 Å². The van der Waals surface area contributed by atoms with Gasteiger partial charge in [0.15, 0.2) is 0 Å². The summed E-state index contributed by atoms with van der Waals surface area (Å²) < 4.78 is 5.30. The molecule has 0 aliphatic carbocycles. The van der Waals surface area contributed by atoms with Crippen molar-refractivity contribution in [2.75, 3.05) is 13.7 Å². The first-order valence-electron chi connectivity index (χ1n) is 5.21. The second kappa shape index (κ2) is 5.37. The molecule has 1 aromatic rings. The van der Waals surface area contributed by atoms with E-state index in [1.807, 2.05) is 24.3 Å². The zero-order valence-corrected chi connectivity index (χ0v) is 10.6. The van der Waals surface area contributed by atoms with Gasteiger partial charge in [-0.25, -0.2) is 0 Å². The van der Waals surface area contributed by atoms with Gasteiger partial charge in [-0.1, -0.05) is 24.6 Å². The largest absolute Gasteiger partial charge is 0.496 e. The standard InChI is InChI=1S/C13H18ClNO/c1-4-13(2,9-15)8-10-7-11(14)5-6-12(10)16-3/h4-7H,1,8-9,15H2,2-3H3. The molecule has 2 nitrogen and oxygen atoms in total. The highest BCUT2D eigenvalue weighted by atomic mass is 35.5. The minimum atomic E-state index is -0.127. The molecule has 1 atom stereocenters. The lowest BCUT2D eigenvalue weighted by atomic mass is 9.83. The van der Waals surface area contributed by atoms with Gasteiger partial charge in [-0.2, -0.15) is 0 Å². The molecular formula is C13H18ClNO. The van der Waals surface area contributed by atoms with Crippen molar-refractivity contribution in [3.05, 3.63) is 41.4 Å². The summed E-state index contributed by atoms with van der Waals surface area (Å²) in [5.41, 5.74) is 6.68. The monoisotopic (exact) mass is 239 g/mol. The van der Waals surface area contributed by atoms with Crippen molar-refractivity contribution in [2.45, 2.75) is 13.3 Å². The van der Waals surface area contributed by atoms with E-state index in [-0.39, 0.29) is 5.41 Å². The number of hydrogen-bond acceptors (Lipinski definition) is 2. The smallest absolute Gasteiger partial charge is 0.122 e. The predicted octanol–water partition coefficient (Wildman–Crippen LogP) is 3.04. The Balaban J connectivity index is 3.03. The molecule has 1 unspecified atom stereocenters. The SMILES string of the molecule is C=CC(C)(CN)Cc1cc(Cl)ccc1OC. The Kier molecular flexibility index (Phi) is 4.39. The fraction of sp³-hybridized carbons (Fsp3) is 0.385. The third-order valence-corrected chi connectivity index (χ3v) is 3.03. The van der Waals surface area contributed by atoms with Gasteiger partial charge in [-0.15, -0.1) is 6.58 Å². The van der Waals surface area contributed by atoms with Gasteiger partial charge in [-0.3, -0.25) is 0 Å². The maximum Gasteiger partial charge on any atom is 0.122 e. The molecule has 0 amide bonds. The van der Waals surface area contributed by atoms with E-state index in [4.69, 9.17) is 22.1 Å². The molecule has 0 bridgehead atoms. The molecule has 0 spiro atoms. The van der Waals surface area contributed by atoms with Crippen molar-refractivity contribution in [1.82, 2.24) is 0 Å². The van der Waals surface area contributed by atoms with Crippen LogP contribution in [0.25, 0.3) is 0 Å². The van der Waals surface area contributed by atoms with Crippen molar-refractivity contribution in [1.29, 1.82) is 0 Å². The minimum absolute atomic E-state index is 0.127. The minimum Gasteiger partial charge on any atom is -0.496 e. The molecule has 0 saturated carbocycles. The molecule has 1 aromatic carbocycles. The van der Waals surface area contributed by atoms with Gasteiger partial charge in [0.1, 0.15) is 5.75 Å². The predicted molar refractivity (Wildman–Crippen MR) is 69.1 cm³/mol. The van der Waals surface area contributed by atoms with Crippen LogP contribution >= 0.6 is 11.6 Å². The number of ether oxygens (including phenoxy) is 1. The van der Waals surface area contributed by atoms with Crippen molar-refractivity contribution in [3.8, 4) is 5.75 Å². The van der Waals surface area contributed by atoms with Gasteiger partial charge in [0, 0.05) is 17.0 Å². The zero-order valence-electron chi connectivity index (χ0n) is 9.79. The Morgan fingerprint density at radius 1 is 1.56 bits per heavy atom. The maximum atomic E-state index is 5.98. The molecule has 0 saturated heterocycles. The van der Waals surface area contributed by atoms with E-state index in [1.165, 1.54) is 0 Å². The first kappa shape index (κ1) is 13.1. The first-order valence-corrected chi connectivity index (χ1v) is 5.58. The Bertz CT molecular complexity index is 378. The number of nitrogens with two attached hydrogens (primary N) is 1. The van der Waals surface area contributed by atoms with Gasteiger partial charge in [0.2, 0.25) is 0 Å². The molecule has 0 fully saturated rings. The number of rotatable bonds is 5. The van der Waals surface area contributed by atoms with E-state index in [0.717, 1.165) is 17.7 Å². The highest BCUT2D eigenvalue weighted by molar-refractivity contribution is 6.30. The third kappa shape index (κ3) is 3.00. The van der Waals surface area contributed by atoms with Crippen molar-refractivity contribution >= 4 is 11.6 Å². The van der Waals surface area contributed by atoms with Crippen LogP contribution in [0.4, 0.5) is 0 Å². The number of methoxy groups -OCH3 is 1. The van der Waals surface area contributed by atoms with E-state index in [0.29, 0.717) is 11.6 Å². The number of halogens is 1. The molecule has 0 aliphatic rings. The number of benzene rings is 1. The highest BCUT2D eigenvalue weighted by Crippen LogP contribution is 2.30. The van der Waals surface area contributed by atoms with E-state index >= 15 is 0 Å². The van der Waals surface area contributed by atoms with E-state index in [1.54, 1.807) is 7.11 Å². The average Bonchev–Trinajstić information content (AvgIpc) is 2.29. The summed E-state index contributed by atoms with van der Waals surface area (Å²) in [6, 6.07) is 5.60. The Labute approximate surface area is 102 Å². The van der Waals surface area contributed by atoms with Crippen LogP contribution in [0.1, 0.15) is 12.5 Å². The van der Waals surface area contributed by atoms with Crippen LogP contribution < -0.4 is 10.5 Å². The second-order valence-corrected chi connectivity index (χ2v) is 4.63. The lowest BCUT2D eigenvalue weighted by molar-refractivity contribution is 0.390. The van der Waals surface area contributed by atoms with Crippen LogP contribution in [0.5, 0.6) is 5.75 Å². The summed E-state index contributed by atoms with van der Waals surface area (Å²) >= 11 is 5.98. The van der Waals surface area contributed by atoms with Crippen LogP contribution in [-0.4, -0.2) is 13.7 Å². The fourth-order valence-electron chi connectivity index (χ4n) is 1.55. The number of hydrogen-bond donors (Lipinski definition) is 1. The summed E-state index contributed by atoms with van der Waals surface area (Å²) in [7, 11) is 1.65. The molecule has 3 heteroatoms. The lowest BCUT2D eigenvalue weighted by Crippen LogP contribution is -2.27. The van der Waals surface area contributed by atoms with Gasteiger partial charge in [0.05, 0.1) is 7.11 Å². The molecule has 16 heavy (non-hydrogen) atoms. The molecule has 0 aliphatic heterocycles. The van der Waals surface area contributed by atoms with Crippen molar-refractivity contribution in [3.63, 3.8) is 0 Å². The molecule has 2 N–H and O–H groups in total. The molecule has 0 radical (unpaired) electrons. The molecule has 0 aromatic heterocycles. The normalized spacial score (nSPS) is 14.2. The quantitative estimate of drug-likeness (QED) is 0.802. The Morgan fingerprint density at radius 3 is 2.75 bits per heavy atom. The highest BCUT2D eigenvalue weighted by Gasteiger charge is 2.20. The Hall–Kier alpha value is -0.990. The summed E-state index contributed by atoms with van der Waals surface area (Å²) in [5, 5.41) is 0.708. The molecule has 0 heterocycles. The van der Waals surface area contributed by atoms with Crippen LogP contribution in [0.15, 0.2) is 30.9 Å². The average molecular weight is 240 g/mol. The lowest BCUT2D eigenvalue weighted by Gasteiger charge is -2.24. The second-order valence-electron chi connectivity index (χ2n) is 4.20. The van der Waals surface area contributed by atoms with Gasteiger partial charge in [0.25, 0.3) is 0 Å². The summed E-state index contributed by atoms with van der Waals surface area (Å²) in [6.45, 7) is 6.44. The van der Waals surface area contributed by atoms with E-state index in [2.05, 4.69) is 13.5 Å². The first-order chi connectivity index (χ1) is 7.54. The molecular weight excluding hydrogens is 222 g/mol. The van der Waals surface area contributed by atoms with Crippen LogP contribution in [0.2, 0.25) is 5.02 Å². The van der Waals surface area contributed by atoms with Gasteiger partial charge in [-0.05, 0) is 30.2 Å². The Morgan fingerprint density at radius 2 is 2.25 bits per heavy atom.